The quantitative estimate of drug-likeness (QED) is 0.787. The minimum Gasteiger partial charge on any atom is -0.451 e. The highest BCUT2D eigenvalue weighted by Gasteiger charge is 2.27. The van der Waals surface area contributed by atoms with Crippen molar-refractivity contribution in [1.29, 1.82) is 0 Å². The molecule has 0 spiro atoms. The van der Waals surface area contributed by atoms with Crippen LogP contribution < -0.4 is 0 Å². The normalized spacial score (nSPS) is 11.2. The van der Waals surface area contributed by atoms with Gasteiger partial charge in [0.15, 0.2) is 6.61 Å². The lowest BCUT2D eigenvalue weighted by Gasteiger charge is -2.35. The van der Waals surface area contributed by atoms with Crippen LogP contribution in [-0.2, 0) is 16.1 Å². The van der Waals surface area contributed by atoms with Gasteiger partial charge in [-0.25, -0.2) is 4.79 Å². The fourth-order valence-electron chi connectivity index (χ4n) is 2.23. The van der Waals surface area contributed by atoms with E-state index in [1.165, 1.54) is 0 Å². The third-order valence-corrected chi connectivity index (χ3v) is 3.95. The molecule has 1 heterocycles. The number of hydrogen-bond donors (Lipinski definition) is 1. The van der Waals surface area contributed by atoms with Gasteiger partial charge in [0, 0.05) is 22.8 Å². The number of carbonyl (C=O) groups is 2. The third-order valence-electron chi connectivity index (χ3n) is 3.49. The number of esters is 1. The Morgan fingerprint density at radius 3 is 2.42 bits per heavy atom. The number of amides is 1. The number of halogens is 1. The maximum Gasteiger partial charge on any atom is 0.355 e. The van der Waals surface area contributed by atoms with Gasteiger partial charge in [0.1, 0.15) is 5.69 Å². The van der Waals surface area contributed by atoms with Crippen LogP contribution in [-0.4, -0.2) is 33.9 Å². The topological polar surface area (TPSA) is 62.4 Å². The highest BCUT2D eigenvalue weighted by molar-refractivity contribution is 9.10. The second kappa shape index (κ2) is 7.66. The lowest BCUT2D eigenvalue weighted by atomic mass is 10.0. The van der Waals surface area contributed by atoms with E-state index in [2.05, 4.69) is 20.9 Å². The van der Waals surface area contributed by atoms with Crippen LogP contribution >= 0.6 is 15.9 Å². The highest BCUT2D eigenvalue weighted by atomic mass is 79.9. The fourth-order valence-corrected chi connectivity index (χ4v) is 2.58. The van der Waals surface area contributed by atoms with Gasteiger partial charge in [0.25, 0.3) is 5.91 Å². The Hall–Kier alpha value is -2.08. The number of benzene rings is 1. The van der Waals surface area contributed by atoms with Gasteiger partial charge in [0.2, 0.25) is 0 Å². The zero-order valence-electron chi connectivity index (χ0n) is 14.0. The van der Waals surface area contributed by atoms with E-state index in [1.54, 1.807) is 17.2 Å². The Kier molecular flexibility index (Phi) is 5.83. The summed E-state index contributed by atoms with van der Waals surface area (Å²) in [6.45, 7) is 6.04. The molecule has 0 aliphatic heterocycles. The molecule has 1 amide bonds. The molecule has 0 saturated carbocycles. The van der Waals surface area contributed by atoms with Gasteiger partial charge < -0.3 is 14.6 Å². The number of hydrogen-bond acceptors (Lipinski definition) is 3. The van der Waals surface area contributed by atoms with Crippen LogP contribution in [0, 0.1) is 0 Å². The minimum absolute atomic E-state index is 0.231. The summed E-state index contributed by atoms with van der Waals surface area (Å²) >= 11 is 3.25. The summed E-state index contributed by atoms with van der Waals surface area (Å²) < 4.78 is 5.89. The number of nitrogens with zero attached hydrogens (tertiary/aromatic N) is 1. The second-order valence-corrected chi connectivity index (χ2v) is 7.36. The van der Waals surface area contributed by atoms with E-state index < -0.39 is 5.97 Å². The van der Waals surface area contributed by atoms with Crippen LogP contribution in [0.15, 0.2) is 47.1 Å². The maximum atomic E-state index is 12.6. The van der Waals surface area contributed by atoms with Crippen molar-refractivity contribution in [2.45, 2.75) is 32.9 Å². The first-order valence-corrected chi connectivity index (χ1v) is 8.42. The summed E-state index contributed by atoms with van der Waals surface area (Å²) in [6, 6.07) is 11.3. The summed E-state index contributed by atoms with van der Waals surface area (Å²) in [4.78, 5) is 29.0. The molecule has 0 bridgehead atoms. The van der Waals surface area contributed by atoms with E-state index in [4.69, 9.17) is 4.74 Å². The van der Waals surface area contributed by atoms with Crippen molar-refractivity contribution < 1.29 is 14.3 Å². The predicted molar refractivity (Wildman–Crippen MR) is 95.5 cm³/mol. The van der Waals surface area contributed by atoms with Crippen molar-refractivity contribution in [2.75, 3.05) is 6.61 Å². The minimum atomic E-state index is -0.553. The largest absolute Gasteiger partial charge is 0.451 e. The van der Waals surface area contributed by atoms with Crippen LogP contribution in [0.5, 0.6) is 0 Å². The molecule has 2 rings (SSSR count). The second-order valence-electron chi connectivity index (χ2n) is 6.44. The molecule has 0 aliphatic carbocycles. The molecule has 0 fully saturated rings. The van der Waals surface area contributed by atoms with Crippen molar-refractivity contribution in [3.8, 4) is 0 Å². The first kappa shape index (κ1) is 18.3. The third kappa shape index (κ3) is 4.96. The van der Waals surface area contributed by atoms with Crippen molar-refractivity contribution in [3.63, 3.8) is 0 Å². The molecule has 1 aromatic heterocycles. The van der Waals surface area contributed by atoms with E-state index in [9.17, 15) is 9.59 Å². The van der Waals surface area contributed by atoms with Gasteiger partial charge in [-0.1, -0.05) is 30.3 Å². The number of aromatic nitrogens is 1. The lowest BCUT2D eigenvalue weighted by molar-refractivity contribution is -0.140. The van der Waals surface area contributed by atoms with E-state index in [0.29, 0.717) is 12.2 Å². The Morgan fingerprint density at radius 2 is 1.88 bits per heavy atom. The molecule has 6 heteroatoms. The molecule has 0 atom stereocenters. The van der Waals surface area contributed by atoms with Crippen LogP contribution in [0.3, 0.4) is 0 Å². The number of H-pyrrole nitrogens is 1. The van der Waals surface area contributed by atoms with Gasteiger partial charge in [-0.05, 0) is 48.3 Å². The van der Waals surface area contributed by atoms with Gasteiger partial charge >= 0.3 is 5.97 Å². The summed E-state index contributed by atoms with van der Waals surface area (Å²) in [6.07, 6.45) is 1.63. The first-order valence-electron chi connectivity index (χ1n) is 7.63. The Bertz CT molecular complexity index is 705. The molecule has 5 nitrogen and oxygen atoms in total. The van der Waals surface area contributed by atoms with Crippen molar-refractivity contribution in [2.24, 2.45) is 0 Å². The summed E-state index contributed by atoms with van der Waals surface area (Å²) in [5, 5.41) is 0. The van der Waals surface area contributed by atoms with Gasteiger partial charge in [-0.3, -0.25) is 4.79 Å². The lowest BCUT2D eigenvalue weighted by Crippen LogP contribution is -2.46. The molecule has 1 aromatic carbocycles. The SMILES string of the molecule is CC(C)(C)N(Cc1ccccc1)C(=O)COC(=O)c1cc(Br)c[nH]1. The zero-order valence-corrected chi connectivity index (χ0v) is 15.6. The Balaban J connectivity index is 2.01. The monoisotopic (exact) mass is 392 g/mol. The molecular weight excluding hydrogens is 372 g/mol. The summed E-state index contributed by atoms with van der Waals surface area (Å²) in [5.41, 5.74) is 0.954. The standard InChI is InChI=1S/C18H21BrN2O3/c1-18(2,3)21(11-13-7-5-4-6-8-13)16(22)12-24-17(23)15-9-14(19)10-20-15/h4-10,20H,11-12H2,1-3H3. The van der Waals surface area contributed by atoms with Crippen molar-refractivity contribution in [1.82, 2.24) is 9.88 Å². The van der Waals surface area contributed by atoms with E-state index in [-0.39, 0.29) is 18.1 Å². The van der Waals surface area contributed by atoms with Gasteiger partial charge in [-0.15, -0.1) is 0 Å². The molecule has 0 unspecified atom stereocenters. The highest BCUT2D eigenvalue weighted by Crippen LogP contribution is 2.18. The number of nitrogens with one attached hydrogen (secondary N) is 1. The number of ether oxygens (including phenoxy) is 1. The molecule has 2 aromatic rings. The van der Waals surface area contributed by atoms with Crippen molar-refractivity contribution in [3.05, 3.63) is 58.3 Å². The molecule has 24 heavy (non-hydrogen) atoms. The summed E-state index contributed by atoms with van der Waals surface area (Å²) in [7, 11) is 0. The molecule has 1 N–H and O–H groups in total. The average molecular weight is 393 g/mol. The first-order chi connectivity index (χ1) is 11.3. The van der Waals surface area contributed by atoms with E-state index >= 15 is 0 Å². The van der Waals surface area contributed by atoms with Crippen molar-refractivity contribution >= 4 is 27.8 Å². The number of aromatic amines is 1. The Labute approximate surface area is 150 Å². The van der Waals surface area contributed by atoms with Gasteiger partial charge in [0.05, 0.1) is 0 Å². The molecule has 0 aliphatic rings. The summed E-state index contributed by atoms with van der Waals surface area (Å²) in [5.74, 6) is -0.784. The fraction of sp³-hybridized carbons (Fsp3) is 0.333. The maximum absolute atomic E-state index is 12.6. The van der Waals surface area contributed by atoms with Gasteiger partial charge in [-0.2, -0.15) is 0 Å². The molecule has 128 valence electrons. The number of carbonyl (C=O) groups excluding carboxylic acids is 2. The van der Waals surface area contributed by atoms with Crippen LogP contribution in [0.2, 0.25) is 0 Å². The zero-order chi connectivity index (χ0) is 17.7. The average Bonchev–Trinajstić information content (AvgIpc) is 2.96. The predicted octanol–water partition coefficient (Wildman–Crippen LogP) is 3.76. The molecular formula is C18H21BrN2O3. The van der Waals surface area contributed by atoms with Crippen LogP contribution in [0.4, 0.5) is 0 Å². The van der Waals surface area contributed by atoms with E-state index in [0.717, 1.165) is 10.0 Å². The number of rotatable bonds is 5. The Morgan fingerprint density at radius 1 is 1.21 bits per heavy atom. The molecule has 0 radical (unpaired) electrons. The van der Waals surface area contributed by atoms with E-state index in [1.807, 2.05) is 51.1 Å². The van der Waals surface area contributed by atoms with Crippen LogP contribution in [0.25, 0.3) is 0 Å². The van der Waals surface area contributed by atoms with Crippen LogP contribution in [0.1, 0.15) is 36.8 Å². The smallest absolute Gasteiger partial charge is 0.355 e. The molecule has 0 saturated heterocycles.